The summed E-state index contributed by atoms with van der Waals surface area (Å²) in [4.78, 5) is 24.1. The molecule has 154 valence electrons. The Hall–Kier alpha value is -3.33. The smallest absolute Gasteiger partial charge is 0.257 e. The topological polar surface area (TPSA) is 97.9 Å². The molecule has 0 heterocycles. The lowest BCUT2D eigenvalue weighted by atomic mass is 10.1. The zero-order chi connectivity index (χ0) is 21.4. The number of nitrogens with one attached hydrogen (secondary N) is 3. The van der Waals surface area contributed by atoms with E-state index < -0.39 is 5.91 Å². The maximum Gasteiger partial charge on any atom is 0.257 e. The van der Waals surface area contributed by atoms with Crippen molar-refractivity contribution in [2.75, 3.05) is 32.0 Å². The lowest BCUT2D eigenvalue weighted by Gasteiger charge is -2.15. The summed E-state index contributed by atoms with van der Waals surface area (Å²) in [5.74, 6) is 0.557. The molecule has 0 radical (unpaired) electrons. The van der Waals surface area contributed by atoms with Crippen LogP contribution in [0.15, 0.2) is 36.4 Å². The second-order valence-corrected chi connectivity index (χ2v) is 6.21. The van der Waals surface area contributed by atoms with Gasteiger partial charge in [-0.3, -0.25) is 14.9 Å². The van der Waals surface area contributed by atoms with E-state index in [1.54, 1.807) is 31.2 Å². The number of ether oxygens (including phenoxy) is 3. The monoisotopic (exact) mass is 417 g/mol. The summed E-state index contributed by atoms with van der Waals surface area (Å²) < 4.78 is 15.8. The number of hydrogen-bond donors (Lipinski definition) is 3. The zero-order valence-corrected chi connectivity index (χ0v) is 17.4. The number of benzene rings is 2. The van der Waals surface area contributed by atoms with E-state index in [0.29, 0.717) is 35.0 Å². The van der Waals surface area contributed by atoms with E-state index in [4.69, 9.17) is 26.4 Å². The lowest BCUT2D eigenvalue weighted by Crippen LogP contribution is -2.34. The highest BCUT2D eigenvalue weighted by Crippen LogP contribution is 2.38. The van der Waals surface area contributed by atoms with Crippen molar-refractivity contribution in [1.82, 2.24) is 5.32 Å². The average Bonchev–Trinajstić information content (AvgIpc) is 2.72. The Labute approximate surface area is 174 Å². The van der Waals surface area contributed by atoms with Crippen LogP contribution in [0.1, 0.15) is 23.7 Å². The molecule has 0 aliphatic carbocycles. The van der Waals surface area contributed by atoms with Gasteiger partial charge in [0.05, 0.1) is 21.3 Å². The summed E-state index contributed by atoms with van der Waals surface area (Å²) >= 11 is 5.22. The first-order valence-corrected chi connectivity index (χ1v) is 9.14. The second-order valence-electron chi connectivity index (χ2n) is 5.80. The highest BCUT2D eigenvalue weighted by atomic mass is 32.1. The van der Waals surface area contributed by atoms with Gasteiger partial charge in [0.1, 0.15) is 0 Å². The van der Waals surface area contributed by atoms with Gasteiger partial charge >= 0.3 is 0 Å². The Morgan fingerprint density at radius 3 is 2.03 bits per heavy atom. The van der Waals surface area contributed by atoms with E-state index in [1.165, 1.54) is 33.5 Å². The minimum atomic E-state index is -0.447. The fourth-order valence-corrected chi connectivity index (χ4v) is 2.68. The number of carbonyl (C=O) groups is 2. The quantitative estimate of drug-likeness (QED) is 0.595. The Morgan fingerprint density at radius 1 is 0.931 bits per heavy atom. The third-order valence-corrected chi connectivity index (χ3v) is 4.08. The van der Waals surface area contributed by atoms with E-state index in [2.05, 4.69) is 16.0 Å². The third-order valence-electron chi connectivity index (χ3n) is 3.88. The number of anilines is 2. The van der Waals surface area contributed by atoms with Gasteiger partial charge in [-0.1, -0.05) is 13.0 Å². The fourth-order valence-electron chi connectivity index (χ4n) is 2.47. The molecule has 2 aromatic rings. The molecular formula is C20H23N3O5S. The Bertz CT molecular complexity index is 892. The molecule has 8 nitrogen and oxygen atoms in total. The summed E-state index contributed by atoms with van der Waals surface area (Å²) in [6.45, 7) is 1.77. The summed E-state index contributed by atoms with van der Waals surface area (Å²) in [7, 11) is 4.42. The van der Waals surface area contributed by atoms with E-state index in [-0.39, 0.29) is 16.6 Å². The molecule has 0 bridgehead atoms. The van der Waals surface area contributed by atoms with Crippen LogP contribution in [0, 0.1) is 0 Å². The highest BCUT2D eigenvalue weighted by Gasteiger charge is 2.17. The van der Waals surface area contributed by atoms with Crippen LogP contribution in [0.25, 0.3) is 0 Å². The van der Waals surface area contributed by atoms with Gasteiger partial charge in [0.25, 0.3) is 5.91 Å². The van der Waals surface area contributed by atoms with Crippen LogP contribution < -0.4 is 30.2 Å². The Kier molecular flexibility index (Phi) is 7.79. The molecule has 29 heavy (non-hydrogen) atoms. The number of amides is 2. The SMILES string of the molecule is CCC(=O)Nc1cccc(NC(=S)NC(=O)c2cc(OC)c(OC)c(OC)c2)c1. The molecule has 2 rings (SSSR count). The van der Waals surface area contributed by atoms with Crippen LogP contribution in [-0.4, -0.2) is 38.3 Å². The number of thiocarbonyl (C=S) groups is 1. The van der Waals surface area contributed by atoms with Crippen molar-refractivity contribution in [2.45, 2.75) is 13.3 Å². The van der Waals surface area contributed by atoms with Crippen molar-refractivity contribution >= 4 is 40.5 Å². The number of hydrogen-bond acceptors (Lipinski definition) is 6. The molecule has 0 saturated carbocycles. The van der Waals surface area contributed by atoms with Gasteiger partial charge in [0.2, 0.25) is 11.7 Å². The van der Waals surface area contributed by atoms with E-state index in [1.807, 2.05) is 0 Å². The number of carbonyl (C=O) groups excluding carboxylic acids is 2. The summed E-state index contributed by atoms with van der Waals surface area (Å²) in [6, 6.07) is 10.1. The molecule has 0 unspecified atom stereocenters. The third kappa shape index (κ3) is 5.82. The Balaban J connectivity index is 2.10. The summed E-state index contributed by atoms with van der Waals surface area (Å²) in [5, 5.41) is 8.37. The molecule has 9 heteroatoms. The standard InChI is InChI=1S/C20H23N3O5S/c1-5-17(24)21-13-7-6-8-14(11-13)22-20(29)23-19(25)12-9-15(26-2)18(28-4)16(10-12)27-3/h6-11H,5H2,1-4H3,(H,21,24)(H2,22,23,25,29). The van der Waals surface area contributed by atoms with Crippen LogP contribution in [-0.2, 0) is 4.79 Å². The summed E-state index contributed by atoms with van der Waals surface area (Å²) in [5.41, 5.74) is 1.53. The minimum Gasteiger partial charge on any atom is -0.493 e. The van der Waals surface area contributed by atoms with Gasteiger partial charge < -0.3 is 24.8 Å². The predicted molar refractivity (Wildman–Crippen MR) is 115 cm³/mol. The van der Waals surface area contributed by atoms with Crippen molar-refractivity contribution in [1.29, 1.82) is 0 Å². The average molecular weight is 417 g/mol. The largest absolute Gasteiger partial charge is 0.493 e. The van der Waals surface area contributed by atoms with Crippen molar-refractivity contribution in [3.8, 4) is 17.2 Å². The van der Waals surface area contributed by atoms with Crippen molar-refractivity contribution in [3.63, 3.8) is 0 Å². The first-order chi connectivity index (χ1) is 13.9. The second kappa shape index (κ2) is 10.3. The number of rotatable bonds is 7. The molecule has 0 fully saturated rings. The zero-order valence-electron chi connectivity index (χ0n) is 16.6. The highest BCUT2D eigenvalue weighted by molar-refractivity contribution is 7.80. The lowest BCUT2D eigenvalue weighted by molar-refractivity contribution is -0.115. The molecular weight excluding hydrogens is 394 g/mol. The van der Waals surface area contributed by atoms with Gasteiger partial charge in [-0.2, -0.15) is 0 Å². The van der Waals surface area contributed by atoms with Crippen LogP contribution in [0.3, 0.4) is 0 Å². The maximum atomic E-state index is 12.6. The molecule has 0 atom stereocenters. The predicted octanol–water partition coefficient (Wildman–Crippen LogP) is 3.19. The van der Waals surface area contributed by atoms with Crippen molar-refractivity contribution < 1.29 is 23.8 Å². The molecule has 2 aromatic carbocycles. The van der Waals surface area contributed by atoms with E-state index >= 15 is 0 Å². The first-order valence-electron chi connectivity index (χ1n) is 8.74. The van der Waals surface area contributed by atoms with Crippen molar-refractivity contribution in [2.24, 2.45) is 0 Å². The van der Waals surface area contributed by atoms with Crippen molar-refractivity contribution in [3.05, 3.63) is 42.0 Å². The van der Waals surface area contributed by atoms with Gasteiger partial charge in [0.15, 0.2) is 16.6 Å². The van der Waals surface area contributed by atoms with Gasteiger partial charge in [-0.05, 0) is 42.5 Å². The van der Waals surface area contributed by atoms with Crippen LogP contribution in [0.5, 0.6) is 17.2 Å². The molecule has 3 N–H and O–H groups in total. The van der Waals surface area contributed by atoms with Gasteiger partial charge in [-0.25, -0.2) is 0 Å². The van der Waals surface area contributed by atoms with E-state index in [9.17, 15) is 9.59 Å². The minimum absolute atomic E-state index is 0.0968. The maximum absolute atomic E-state index is 12.6. The van der Waals surface area contributed by atoms with Crippen LogP contribution >= 0.6 is 12.2 Å². The van der Waals surface area contributed by atoms with Gasteiger partial charge in [-0.15, -0.1) is 0 Å². The normalized spacial score (nSPS) is 9.93. The molecule has 0 aliphatic rings. The number of methoxy groups -OCH3 is 3. The van der Waals surface area contributed by atoms with Crippen LogP contribution in [0.4, 0.5) is 11.4 Å². The summed E-state index contributed by atoms with van der Waals surface area (Å²) in [6.07, 6.45) is 0.376. The molecule has 0 aromatic heterocycles. The molecule has 0 saturated heterocycles. The molecule has 0 aliphatic heterocycles. The first kappa shape index (κ1) is 22.0. The fraction of sp³-hybridized carbons (Fsp3) is 0.250. The van der Waals surface area contributed by atoms with Gasteiger partial charge in [0, 0.05) is 23.4 Å². The van der Waals surface area contributed by atoms with Crippen LogP contribution in [0.2, 0.25) is 0 Å². The molecule has 2 amide bonds. The van der Waals surface area contributed by atoms with E-state index in [0.717, 1.165) is 0 Å². The Morgan fingerprint density at radius 2 is 1.52 bits per heavy atom. The molecule has 0 spiro atoms.